The summed E-state index contributed by atoms with van der Waals surface area (Å²) in [4.78, 5) is 30.1. The molecule has 3 fully saturated rings. The van der Waals surface area contributed by atoms with E-state index in [0.29, 0.717) is 12.2 Å². The standard InChI is InChI=1S/C16H19N3O2/c20-15-14-4-3-11-18(14)16(21)19(15)13-7-5-12(6-8-13)17-9-1-2-10-17/h5-8,14H,1-4,9-11H2. The molecular formula is C16H19N3O2. The Bertz CT molecular complexity index is 556. The number of hydrogen-bond donors (Lipinski definition) is 0. The number of nitrogens with zero attached hydrogens (tertiary/aromatic N) is 3. The summed E-state index contributed by atoms with van der Waals surface area (Å²) < 4.78 is 0. The second-order valence-electron chi connectivity index (χ2n) is 6.02. The van der Waals surface area contributed by atoms with Crippen molar-refractivity contribution in [2.24, 2.45) is 0 Å². The van der Waals surface area contributed by atoms with E-state index >= 15 is 0 Å². The van der Waals surface area contributed by atoms with Gasteiger partial charge in [-0.05, 0) is 49.9 Å². The van der Waals surface area contributed by atoms with Crippen molar-refractivity contribution in [1.29, 1.82) is 0 Å². The molecule has 0 saturated carbocycles. The summed E-state index contributed by atoms with van der Waals surface area (Å²) in [5.41, 5.74) is 1.87. The summed E-state index contributed by atoms with van der Waals surface area (Å²) in [7, 11) is 0. The number of anilines is 2. The van der Waals surface area contributed by atoms with E-state index < -0.39 is 0 Å². The van der Waals surface area contributed by atoms with E-state index in [9.17, 15) is 9.59 Å². The Morgan fingerprint density at radius 1 is 0.857 bits per heavy atom. The second kappa shape index (κ2) is 4.76. The van der Waals surface area contributed by atoms with Gasteiger partial charge in [-0.1, -0.05) is 0 Å². The monoisotopic (exact) mass is 285 g/mol. The third kappa shape index (κ3) is 1.91. The normalized spacial score (nSPS) is 25.1. The molecule has 3 saturated heterocycles. The van der Waals surface area contributed by atoms with Gasteiger partial charge in [-0.15, -0.1) is 0 Å². The van der Waals surface area contributed by atoms with Crippen LogP contribution in [0.5, 0.6) is 0 Å². The minimum Gasteiger partial charge on any atom is -0.372 e. The molecule has 4 rings (SSSR count). The maximum atomic E-state index is 12.4. The first-order chi connectivity index (χ1) is 10.3. The molecule has 3 aliphatic heterocycles. The number of fused-ring (bicyclic) bond motifs is 1. The molecule has 0 radical (unpaired) electrons. The Balaban J connectivity index is 1.59. The van der Waals surface area contributed by atoms with Gasteiger partial charge in [0.25, 0.3) is 5.91 Å². The molecule has 1 aromatic rings. The first kappa shape index (κ1) is 12.7. The van der Waals surface area contributed by atoms with Crippen LogP contribution in [-0.4, -0.2) is 42.5 Å². The van der Waals surface area contributed by atoms with Gasteiger partial charge in [0.1, 0.15) is 6.04 Å². The number of rotatable bonds is 2. The zero-order chi connectivity index (χ0) is 14.4. The third-order valence-electron chi connectivity index (χ3n) is 4.77. The Hall–Kier alpha value is -2.04. The fourth-order valence-corrected chi connectivity index (χ4v) is 3.65. The van der Waals surface area contributed by atoms with Crippen LogP contribution in [-0.2, 0) is 4.79 Å². The minimum atomic E-state index is -0.226. The van der Waals surface area contributed by atoms with Crippen LogP contribution in [0.3, 0.4) is 0 Å². The van der Waals surface area contributed by atoms with Crippen molar-refractivity contribution in [3.63, 3.8) is 0 Å². The first-order valence-corrected chi connectivity index (χ1v) is 7.75. The average molecular weight is 285 g/mol. The predicted octanol–water partition coefficient (Wildman–Crippen LogP) is 2.22. The largest absolute Gasteiger partial charge is 0.372 e. The van der Waals surface area contributed by atoms with Crippen molar-refractivity contribution in [3.8, 4) is 0 Å². The highest BCUT2D eigenvalue weighted by atomic mass is 16.2. The average Bonchev–Trinajstić information content (AvgIpc) is 3.22. The van der Waals surface area contributed by atoms with E-state index in [2.05, 4.69) is 4.90 Å². The summed E-state index contributed by atoms with van der Waals surface area (Å²) in [5, 5.41) is 0. The molecule has 1 unspecified atom stereocenters. The van der Waals surface area contributed by atoms with Crippen molar-refractivity contribution in [2.45, 2.75) is 31.7 Å². The molecule has 5 heteroatoms. The van der Waals surface area contributed by atoms with Gasteiger partial charge in [-0.3, -0.25) is 4.79 Å². The van der Waals surface area contributed by atoms with Crippen molar-refractivity contribution < 1.29 is 9.59 Å². The van der Waals surface area contributed by atoms with Crippen molar-refractivity contribution >= 4 is 23.3 Å². The summed E-state index contributed by atoms with van der Waals surface area (Å²) in [6, 6.07) is 7.44. The summed E-state index contributed by atoms with van der Waals surface area (Å²) in [5.74, 6) is -0.0635. The molecule has 0 spiro atoms. The van der Waals surface area contributed by atoms with Crippen LogP contribution in [0, 0.1) is 0 Å². The molecular weight excluding hydrogens is 266 g/mol. The van der Waals surface area contributed by atoms with Crippen LogP contribution in [0.15, 0.2) is 24.3 Å². The molecule has 3 aliphatic rings. The van der Waals surface area contributed by atoms with E-state index in [0.717, 1.165) is 25.9 Å². The zero-order valence-electron chi connectivity index (χ0n) is 12.0. The summed E-state index contributed by atoms with van der Waals surface area (Å²) in [6.07, 6.45) is 4.21. The fraction of sp³-hybridized carbons (Fsp3) is 0.500. The zero-order valence-corrected chi connectivity index (χ0v) is 12.0. The molecule has 1 aromatic carbocycles. The van der Waals surface area contributed by atoms with Crippen LogP contribution in [0.4, 0.5) is 16.2 Å². The number of hydrogen-bond acceptors (Lipinski definition) is 3. The quantitative estimate of drug-likeness (QED) is 0.783. The topological polar surface area (TPSA) is 43.9 Å². The SMILES string of the molecule is O=C1C2CCCN2C(=O)N1c1ccc(N2CCCC2)cc1. The molecule has 1 atom stereocenters. The summed E-state index contributed by atoms with van der Waals surface area (Å²) in [6.45, 7) is 2.89. The van der Waals surface area contributed by atoms with Gasteiger partial charge in [-0.25, -0.2) is 9.69 Å². The van der Waals surface area contributed by atoms with Crippen LogP contribution >= 0.6 is 0 Å². The van der Waals surface area contributed by atoms with Gasteiger partial charge in [0, 0.05) is 25.3 Å². The maximum absolute atomic E-state index is 12.4. The van der Waals surface area contributed by atoms with Gasteiger partial charge in [-0.2, -0.15) is 0 Å². The van der Waals surface area contributed by atoms with Gasteiger partial charge in [0.15, 0.2) is 0 Å². The number of carbonyl (C=O) groups excluding carboxylic acids is 2. The minimum absolute atomic E-state index is 0.0635. The molecule has 0 aliphatic carbocycles. The van der Waals surface area contributed by atoms with Crippen molar-refractivity contribution in [3.05, 3.63) is 24.3 Å². The number of amides is 3. The molecule has 0 aromatic heterocycles. The number of urea groups is 1. The molecule has 3 amide bonds. The van der Waals surface area contributed by atoms with Crippen LogP contribution in [0.2, 0.25) is 0 Å². The van der Waals surface area contributed by atoms with E-state index in [1.165, 1.54) is 23.4 Å². The number of benzene rings is 1. The van der Waals surface area contributed by atoms with E-state index in [4.69, 9.17) is 0 Å². The third-order valence-corrected chi connectivity index (χ3v) is 4.77. The van der Waals surface area contributed by atoms with Gasteiger partial charge >= 0.3 is 6.03 Å². The lowest BCUT2D eigenvalue weighted by Gasteiger charge is -2.20. The Labute approximate surface area is 124 Å². The van der Waals surface area contributed by atoms with E-state index in [1.54, 1.807) is 4.90 Å². The van der Waals surface area contributed by atoms with E-state index in [-0.39, 0.29) is 18.0 Å². The highest BCUT2D eigenvalue weighted by Crippen LogP contribution is 2.32. The summed E-state index contributed by atoms with van der Waals surface area (Å²) >= 11 is 0. The van der Waals surface area contributed by atoms with E-state index in [1.807, 2.05) is 24.3 Å². The fourth-order valence-electron chi connectivity index (χ4n) is 3.65. The van der Waals surface area contributed by atoms with Gasteiger partial charge in [0.05, 0.1) is 5.69 Å². The Morgan fingerprint density at radius 2 is 1.52 bits per heavy atom. The molecule has 0 bridgehead atoms. The number of carbonyl (C=O) groups is 2. The lowest BCUT2D eigenvalue weighted by atomic mass is 10.2. The lowest BCUT2D eigenvalue weighted by Crippen LogP contribution is -2.33. The molecule has 110 valence electrons. The maximum Gasteiger partial charge on any atom is 0.332 e. The van der Waals surface area contributed by atoms with Crippen LogP contribution in [0.25, 0.3) is 0 Å². The van der Waals surface area contributed by atoms with Crippen LogP contribution in [0.1, 0.15) is 25.7 Å². The van der Waals surface area contributed by atoms with Crippen molar-refractivity contribution in [2.75, 3.05) is 29.4 Å². The van der Waals surface area contributed by atoms with Crippen LogP contribution < -0.4 is 9.80 Å². The molecule has 3 heterocycles. The Kier molecular flexibility index (Phi) is 2.87. The number of imide groups is 1. The second-order valence-corrected chi connectivity index (χ2v) is 6.02. The lowest BCUT2D eigenvalue weighted by molar-refractivity contribution is -0.119. The smallest absolute Gasteiger partial charge is 0.332 e. The highest BCUT2D eigenvalue weighted by Gasteiger charge is 2.47. The van der Waals surface area contributed by atoms with Gasteiger partial charge in [0.2, 0.25) is 0 Å². The predicted molar refractivity (Wildman–Crippen MR) is 80.5 cm³/mol. The molecule has 5 nitrogen and oxygen atoms in total. The first-order valence-electron chi connectivity index (χ1n) is 7.75. The highest BCUT2D eigenvalue weighted by molar-refractivity contribution is 6.21. The van der Waals surface area contributed by atoms with Crippen molar-refractivity contribution in [1.82, 2.24) is 4.90 Å². The molecule has 0 N–H and O–H groups in total. The molecule has 21 heavy (non-hydrogen) atoms. The Morgan fingerprint density at radius 3 is 2.19 bits per heavy atom. The van der Waals surface area contributed by atoms with Gasteiger partial charge < -0.3 is 9.80 Å².